The number of fused-ring (bicyclic) bond motifs is 1. The molecule has 1 aromatic rings. The van der Waals surface area contributed by atoms with Gasteiger partial charge in [0.25, 0.3) is 0 Å². The summed E-state index contributed by atoms with van der Waals surface area (Å²) in [5.74, 6) is -1.56. The number of carbonyl (C=O) groups excluding carboxylic acids is 3. The van der Waals surface area contributed by atoms with Crippen molar-refractivity contribution in [1.29, 1.82) is 0 Å². The predicted octanol–water partition coefficient (Wildman–Crippen LogP) is 1.33. The smallest absolute Gasteiger partial charge is 0.197 e. The molecule has 0 heterocycles. The first-order chi connectivity index (χ1) is 8.56. The highest BCUT2D eigenvalue weighted by atomic mass is 16.3. The van der Waals surface area contributed by atoms with Crippen LogP contribution in [0.4, 0.5) is 0 Å². The van der Waals surface area contributed by atoms with Crippen molar-refractivity contribution in [2.24, 2.45) is 0 Å². The minimum atomic E-state index is -1.24. The van der Waals surface area contributed by atoms with E-state index in [-0.39, 0.29) is 23.3 Å². The topological polar surface area (TPSA) is 71.4 Å². The molecule has 0 aromatic heterocycles. The minimum absolute atomic E-state index is 0.208. The molecule has 18 heavy (non-hydrogen) atoms. The summed E-state index contributed by atoms with van der Waals surface area (Å²) in [4.78, 5) is 35.7. The van der Waals surface area contributed by atoms with Gasteiger partial charge in [0, 0.05) is 17.2 Å². The second-order valence-corrected chi connectivity index (χ2v) is 4.09. The summed E-state index contributed by atoms with van der Waals surface area (Å²) >= 11 is 0. The maximum Gasteiger partial charge on any atom is 0.197 e. The fourth-order valence-electron chi connectivity index (χ4n) is 1.86. The Morgan fingerprint density at radius 3 is 2.44 bits per heavy atom. The molecular formula is C14H12O4. The Balaban J connectivity index is 2.46. The highest BCUT2D eigenvalue weighted by Gasteiger charge is 2.31. The van der Waals surface area contributed by atoms with E-state index in [2.05, 4.69) is 0 Å². The Hall–Kier alpha value is -2.07. The van der Waals surface area contributed by atoms with Gasteiger partial charge in [-0.3, -0.25) is 14.4 Å². The van der Waals surface area contributed by atoms with Crippen molar-refractivity contribution >= 4 is 17.3 Å². The standard InChI is InChI=1S/C14H12O4/c1-2-11(15)14(18)10-7-12(16)8-5-3-4-6-9(8)13(10)17/h3-7,11,15H,2H2,1H3. The molecule has 0 saturated heterocycles. The highest BCUT2D eigenvalue weighted by Crippen LogP contribution is 2.22. The van der Waals surface area contributed by atoms with Gasteiger partial charge in [0.15, 0.2) is 17.3 Å². The summed E-state index contributed by atoms with van der Waals surface area (Å²) in [6.45, 7) is 1.63. The molecule has 92 valence electrons. The Morgan fingerprint density at radius 1 is 1.22 bits per heavy atom. The summed E-state index contributed by atoms with van der Waals surface area (Å²) in [7, 11) is 0. The molecule has 0 aliphatic heterocycles. The van der Waals surface area contributed by atoms with Crippen molar-refractivity contribution in [3.05, 3.63) is 47.0 Å². The van der Waals surface area contributed by atoms with Crippen LogP contribution in [0.25, 0.3) is 0 Å². The Bertz CT molecular complexity index is 569. The van der Waals surface area contributed by atoms with Gasteiger partial charge in [-0.2, -0.15) is 0 Å². The number of Topliss-reactive ketones (excluding diaryl/α,β-unsaturated/α-hetero) is 2. The molecule has 0 bridgehead atoms. The van der Waals surface area contributed by atoms with E-state index in [1.807, 2.05) is 0 Å². The molecular weight excluding hydrogens is 232 g/mol. The van der Waals surface area contributed by atoms with E-state index in [0.717, 1.165) is 6.08 Å². The summed E-state index contributed by atoms with van der Waals surface area (Å²) in [6, 6.07) is 6.34. The van der Waals surface area contributed by atoms with Crippen molar-refractivity contribution in [3.63, 3.8) is 0 Å². The zero-order valence-electron chi connectivity index (χ0n) is 9.84. The van der Waals surface area contributed by atoms with Crippen LogP contribution in [0.5, 0.6) is 0 Å². The van der Waals surface area contributed by atoms with Gasteiger partial charge in [-0.25, -0.2) is 0 Å². The number of hydrogen-bond donors (Lipinski definition) is 1. The number of allylic oxidation sites excluding steroid dienone is 1. The normalized spacial score (nSPS) is 16.0. The van der Waals surface area contributed by atoms with Crippen molar-refractivity contribution in [2.45, 2.75) is 19.4 Å². The average Bonchev–Trinajstić information content (AvgIpc) is 2.41. The van der Waals surface area contributed by atoms with Gasteiger partial charge in [-0.15, -0.1) is 0 Å². The van der Waals surface area contributed by atoms with E-state index < -0.39 is 17.7 Å². The SMILES string of the molecule is CCC(O)C(=O)C1=CC(=O)c2ccccc2C1=O. The first kappa shape index (κ1) is 12.4. The van der Waals surface area contributed by atoms with E-state index >= 15 is 0 Å². The number of aliphatic hydroxyl groups excluding tert-OH is 1. The maximum absolute atomic E-state index is 12.1. The molecule has 0 saturated carbocycles. The second kappa shape index (κ2) is 4.66. The Morgan fingerprint density at radius 2 is 1.83 bits per heavy atom. The van der Waals surface area contributed by atoms with Crippen LogP contribution in [0.2, 0.25) is 0 Å². The van der Waals surface area contributed by atoms with E-state index in [0.29, 0.717) is 5.56 Å². The van der Waals surface area contributed by atoms with Gasteiger partial charge >= 0.3 is 0 Å². The summed E-state index contributed by atoms with van der Waals surface area (Å²) < 4.78 is 0. The number of ketones is 3. The molecule has 0 fully saturated rings. The third kappa shape index (κ3) is 1.91. The van der Waals surface area contributed by atoms with Gasteiger partial charge in [-0.1, -0.05) is 31.2 Å². The molecule has 1 N–H and O–H groups in total. The summed E-state index contributed by atoms with van der Waals surface area (Å²) in [5.41, 5.74) is 0.287. The van der Waals surface area contributed by atoms with Gasteiger partial charge in [-0.05, 0) is 6.42 Å². The van der Waals surface area contributed by atoms with E-state index in [4.69, 9.17) is 0 Å². The third-order valence-electron chi connectivity index (χ3n) is 2.91. The highest BCUT2D eigenvalue weighted by molar-refractivity contribution is 6.35. The zero-order chi connectivity index (χ0) is 13.3. The first-order valence-electron chi connectivity index (χ1n) is 5.68. The Labute approximate surface area is 104 Å². The molecule has 1 aliphatic rings. The van der Waals surface area contributed by atoms with Crippen molar-refractivity contribution in [2.75, 3.05) is 0 Å². The van der Waals surface area contributed by atoms with Crippen LogP contribution in [-0.2, 0) is 4.79 Å². The van der Waals surface area contributed by atoms with Gasteiger partial charge < -0.3 is 5.11 Å². The molecule has 4 nitrogen and oxygen atoms in total. The number of hydrogen-bond acceptors (Lipinski definition) is 4. The van der Waals surface area contributed by atoms with Gasteiger partial charge in [0.2, 0.25) is 0 Å². The van der Waals surface area contributed by atoms with Crippen LogP contribution in [0, 0.1) is 0 Å². The first-order valence-corrected chi connectivity index (χ1v) is 5.68. The van der Waals surface area contributed by atoms with Crippen molar-refractivity contribution < 1.29 is 19.5 Å². The lowest BCUT2D eigenvalue weighted by Crippen LogP contribution is -2.29. The molecule has 1 aromatic carbocycles. The number of benzene rings is 1. The molecule has 1 unspecified atom stereocenters. The van der Waals surface area contributed by atoms with Crippen LogP contribution in [0.3, 0.4) is 0 Å². The number of aliphatic hydroxyl groups is 1. The van der Waals surface area contributed by atoms with Crippen LogP contribution < -0.4 is 0 Å². The van der Waals surface area contributed by atoms with Gasteiger partial charge in [0.1, 0.15) is 6.10 Å². The van der Waals surface area contributed by atoms with E-state index in [1.165, 1.54) is 6.07 Å². The fraction of sp³-hybridized carbons (Fsp3) is 0.214. The average molecular weight is 244 g/mol. The van der Waals surface area contributed by atoms with Gasteiger partial charge in [0.05, 0.1) is 5.57 Å². The summed E-state index contributed by atoms with van der Waals surface area (Å²) in [5, 5.41) is 9.48. The number of rotatable bonds is 3. The lowest BCUT2D eigenvalue weighted by atomic mass is 9.86. The monoisotopic (exact) mass is 244 g/mol. The molecule has 1 atom stereocenters. The molecule has 4 heteroatoms. The van der Waals surface area contributed by atoms with Crippen LogP contribution in [0.15, 0.2) is 35.9 Å². The van der Waals surface area contributed by atoms with Crippen LogP contribution >= 0.6 is 0 Å². The molecule has 2 rings (SSSR count). The largest absolute Gasteiger partial charge is 0.385 e. The molecule has 0 radical (unpaired) electrons. The third-order valence-corrected chi connectivity index (χ3v) is 2.91. The minimum Gasteiger partial charge on any atom is -0.385 e. The van der Waals surface area contributed by atoms with Crippen LogP contribution in [0.1, 0.15) is 34.1 Å². The lowest BCUT2D eigenvalue weighted by Gasteiger charge is -2.15. The van der Waals surface area contributed by atoms with E-state index in [1.54, 1.807) is 25.1 Å². The molecule has 0 amide bonds. The molecule has 0 spiro atoms. The van der Waals surface area contributed by atoms with Crippen molar-refractivity contribution in [1.82, 2.24) is 0 Å². The van der Waals surface area contributed by atoms with Crippen LogP contribution in [-0.4, -0.2) is 28.6 Å². The quantitative estimate of drug-likeness (QED) is 0.814. The summed E-state index contributed by atoms with van der Waals surface area (Å²) in [6.07, 6.45) is -0.0104. The Kier molecular flexibility index (Phi) is 3.21. The zero-order valence-corrected chi connectivity index (χ0v) is 9.84. The number of carbonyl (C=O) groups is 3. The lowest BCUT2D eigenvalue weighted by molar-refractivity contribution is -0.123. The van der Waals surface area contributed by atoms with Crippen molar-refractivity contribution in [3.8, 4) is 0 Å². The second-order valence-electron chi connectivity index (χ2n) is 4.09. The fourth-order valence-corrected chi connectivity index (χ4v) is 1.86. The maximum atomic E-state index is 12.1. The predicted molar refractivity (Wildman–Crippen MR) is 64.5 cm³/mol. The molecule has 1 aliphatic carbocycles. The van der Waals surface area contributed by atoms with E-state index in [9.17, 15) is 19.5 Å².